The zero-order chi connectivity index (χ0) is 19.4. The minimum Gasteiger partial charge on any atom is -0.387 e. The van der Waals surface area contributed by atoms with Crippen LogP contribution in [0, 0.1) is 17.8 Å². The van der Waals surface area contributed by atoms with E-state index in [9.17, 15) is 10.2 Å². The third-order valence-corrected chi connectivity index (χ3v) is 8.11. The molecule has 1 saturated carbocycles. The van der Waals surface area contributed by atoms with Crippen LogP contribution >= 0.6 is 11.6 Å². The number of likely N-dealkylation sites (tertiary alicyclic amines) is 1. The predicted octanol–water partition coefficient (Wildman–Crippen LogP) is -0.671. The first-order valence-electron chi connectivity index (χ1n) is 10.8. The molecule has 8 nitrogen and oxygen atoms in total. The highest BCUT2D eigenvalue weighted by molar-refractivity contribution is 6.20. The topological polar surface area (TPSA) is 112 Å². The van der Waals surface area contributed by atoms with Crippen LogP contribution in [0.1, 0.15) is 32.1 Å². The number of nitrogens with zero attached hydrogens (tertiary/aromatic N) is 1. The fourth-order valence-electron chi connectivity index (χ4n) is 6.25. The first kappa shape index (κ1) is 19.9. The summed E-state index contributed by atoms with van der Waals surface area (Å²) in [5.74, 6) is 1.11. The third-order valence-electron chi connectivity index (χ3n) is 7.72. The van der Waals surface area contributed by atoms with Gasteiger partial charge in [0.15, 0.2) is 0 Å². The van der Waals surface area contributed by atoms with Crippen LogP contribution in [0.25, 0.3) is 0 Å². The molecule has 6 unspecified atom stereocenters. The van der Waals surface area contributed by atoms with Gasteiger partial charge in [0.05, 0.1) is 18.4 Å². The number of fused-ring (bicyclic) bond motifs is 2. The molecule has 5 aliphatic rings. The molecule has 1 aliphatic carbocycles. The molecule has 5 rings (SSSR count). The molecular weight excluding hydrogens is 384 g/mol. The number of nitrogens with two attached hydrogens (primary N) is 1. The summed E-state index contributed by atoms with van der Waals surface area (Å²) in [6, 6.07) is 0. The van der Waals surface area contributed by atoms with Gasteiger partial charge in [-0.15, -0.1) is 11.6 Å². The first-order valence-corrected chi connectivity index (χ1v) is 11.2. The van der Waals surface area contributed by atoms with Gasteiger partial charge in [-0.1, -0.05) is 0 Å². The standard InChI is InChI=1S/C19H33ClN4O4/c20-10-1-2-11-9(7-10)4-6-27-15(11)16-13(25)14(26)19(28-16)24-5-3-12-17(21)22-8-23-18(12)24/h9-19,22-23,25-26H,1-8,21H2/t9?,10?,11?,12?,13-,14+,15+,16-,17?,18?,19+/m0/s1. The number of hydrogen-bond donors (Lipinski definition) is 5. The van der Waals surface area contributed by atoms with Crippen molar-refractivity contribution in [1.29, 1.82) is 0 Å². The predicted molar refractivity (Wildman–Crippen MR) is 103 cm³/mol. The molecule has 4 heterocycles. The van der Waals surface area contributed by atoms with Crippen molar-refractivity contribution in [2.24, 2.45) is 23.5 Å². The average Bonchev–Trinajstić information content (AvgIpc) is 3.24. The zero-order valence-electron chi connectivity index (χ0n) is 16.1. The Kier molecular flexibility index (Phi) is 5.62. The first-order chi connectivity index (χ1) is 13.5. The molecule has 4 saturated heterocycles. The molecule has 0 aromatic carbocycles. The molecule has 0 radical (unpaired) electrons. The maximum atomic E-state index is 10.9. The van der Waals surface area contributed by atoms with E-state index in [2.05, 4.69) is 15.5 Å². The maximum Gasteiger partial charge on any atom is 0.141 e. The van der Waals surface area contributed by atoms with Crippen LogP contribution in [0.4, 0.5) is 0 Å². The zero-order valence-corrected chi connectivity index (χ0v) is 16.9. The van der Waals surface area contributed by atoms with Gasteiger partial charge in [-0.2, -0.15) is 0 Å². The van der Waals surface area contributed by atoms with E-state index in [4.69, 9.17) is 26.8 Å². The normalized spacial score (nSPS) is 55.1. The summed E-state index contributed by atoms with van der Waals surface area (Å²) in [6.07, 6.45) is 1.78. The van der Waals surface area contributed by atoms with Crippen molar-refractivity contribution in [3.63, 3.8) is 0 Å². The Balaban J connectivity index is 1.31. The molecule has 9 heteroatoms. The highest BCUT2D eigenvalue weighted by atomic mass is 35.5. The monoisotopic (exact) mass is 416 g/mol. The molecule has 0 amide bonds. The van der Waals surface area contributed by atoms with Gasteiger partial charge in [0, 0.05) is 31.1 Å². The smallest absolute Gasteiger partial charge is 0.141 e. The van der Waals surface area contributed by atoms with E-state index in [0.29, 0.717) is 25.1 Å². The van der Waals surface area contributed by atoms with Crippen LogP contribution < -0.4 is 16.4 Å². The van der Waals surface area contributed by atoms with Crippen molar-refractivity contribution >= 4 is 11.6 Å². The average molecular weight is 417 g/mol. The van der Waals surface area contributed by atoms with E-state index in [1.54, 1.807) is 0 Å². The van der Waals surface area contributed by atoms with Crippen molar-refractivity contribution in [3.05, 3.63) is 0 Å². The van der Waals surface area contributed by atoms with Crippen LogP contribution in [-0.4, -0.2) is 83.3 Å². The minimum absolute atomic E-state index is 0.0496. The van der Waals surface area contributed by atoms with Gasteiger partial charge in [-0.05, 0) is 43.9 Å². The minimum atomic E-state index is -0.954. The second kappa shape index (κ2) is 7.90. The number of ether oxygens (including phenoxy) is 2. The van der Waals surface area contributed by atoms with Crippen LogP contribution in [0.3, 0.4) is 0 Å². The Labute approximate surface area is 171 Å². The Bertz CT molecular complexity index is 574. The van der Waals surface area contributed by atoms with Gasteiger partial charge in [0.1, 0.15) is 24.5 Å². The van der Waals surface area contributed by atoms with Gasteiger partial charge in [-0.25, -0.2) is 0 Å². The Morgan fingerprint density at radius 1 is 1.00 bits per heavy atom. The Hall–Kier alpha value is -0.0300. The SMILES string of the molecule is NC1NCNC2C1CCN2[C@@H]1O[C@H]([C@@H]2OCCC3CC(Cl)CCC32)[C@@H](O)[C@H]1O. The number of alkyl halides is 1. The number of hydrogen-bond acceptors (Lipinski definition) is 8. The second-order valence-corrected chi connectivity index (χ2v) is 9.79. The number of rotatable bonds is 2. The van der Waals surface area contributed by atoms with Crippen LogP contribution in [0.2, 0.25) is 0 Å². The van der Waals surface area contributed by atoms with Crippen molar-refractivity contribution in [2.75, 3.05) is 19.8 Å². The lowest BCUT2D eigenvalue weighted by molar-refractivity contribution is -0.174. The second-order valence-electron chi connectivity index (χ2n) is 9.18. The fourth-order valence-corrected chi connectivity index (χ4v) is 6.60. The lowest BCUT2D eigenvalue weighted by Crippen LogP contribution is -2.64. The summed E-state index contributed by atoms with van der Waals surface area (Å²) in [6.45, 7) is 2.08. The van der Waals surface area contributed by atoms with Crippen LogP contribution in [-0.2, 0) is 9.47 Å². The van der Waals surface area contributed by atoms with E-state index >= 15 is 0 Å². The van der Waals surface area contributed by atoms with E-state index in [1.807, 2.05) is 0 Å². The number of nitrogens with one attached hydrogen (secondary N) is 2. The molecular formula is C19H33ClN4O4. The molecule has 4 aliphatic heterocycles. The molecule has 11 atom stereocenters. The summed E-state index contributed by atoms with van der Waals surface area (Å²) in [5, 5.41) is 28.6. The van der Waals surface area contributed by atoms with Crippen molar-refractivity contribution in [1.82, 2.24) is 15.5 Å². The summed E-state index contributed by atoms with van der Waals surface area (Å²) >= 11 is 6.39. The molecule has 6 N–H and O–H groups in total. The maximum absolute atomic E-state index is 10.9. The van der Waals surface area contributed by atoms with Crippen LogP contribution in [0.15, 0.2) is 0 Å². The highest BCUT2D eigenvalue weighted by Gasteiger charge is 2.55. The van der Waals surface area contributed by atoms with Gasteiger partial charge >= 0.3 is 0 Å². The molecule has 160 valence electrons. The van der Waals surface area contributed by atoms with Gasteiger partial charge in [0.2, 0.25) is 0 Å². The van der Waals surface area contributed by atoms with Gasteiger partial charge in [-0.3, -0.25) is 15.5 Å². The van der Waals surface area contributed by atoms with E-state index in [0.717, 1.165) is 38.6 Å². The van der Waals surface area contributed by atoms with E-state index in [-0.39, 0.29) is 29.7 Å². The molecule has 0 bridgehead atoms. The molecule has 0 aromatic rings. The largest absolute Gasteiger partial charge is 0.387 e. The number of aliphatic hydroxyl groups is 2. The Morgan fingerprint density at radius 3 is 2.71 bits per heavy atom. The third kappa shape index (κ3) is 3.31. The van der Waals surface area contributed by atoms with Crippen LogP contribution in [0.5, 0.6) is 0 Å². The quantitative estimate of drug-likeness (QED) is 0.377. The van der Waals surface area contributed by atoms with E-state index in [1.165, 1.54) is 0 Å². The molecule has 0 spiro atoms. The van der Waals surface area contributed by atoms with E-state index < -0.39 is 24.5 Å². The van der Waals surface area contributed by atoms with Crippen molar-refractivity contribution in [2.45, 2.75) is 80.5 Å². The lowest BCUT2D eigenvalue weighted by Gasteiger charge is -2.45. The van der Waals surface area contributed by atoms with Crippen molar-refractivity contribution in [3.8, 4) is 0 Å². The summed E-state index contributed by atoms with van der Waals surface area (Å²) in [7, 11) is 0. The number of halogens is 1. The molecule has 5 fully saturated rings. The van der Waals surface area contributed by atoms with Crippen molar-refractivity contribution < 1.29 is 19.7 Å². The lowest BCUT2D eigenvalue weighted by atomic mass is 9.71. The highest BCUT2D eigenvalue weighted by Crippen LogP contribution is 2.44. The molecule has 28 heavy (non-hydrogen) atoms. The van der Waals surface area contributed by atoms with Gasteiger partial charge < -0.3 is 25.4 Å². The summed E-state index contributed by atoms with van der Waals surface area (Å²) in [5.41, 5.74) is 6.21. The fraction of sp³-hybridized carbons (Fsp3) is 1.00. The molecule has 0 aromatic heterocycles. The summed E-state index contributed by atoms with van der Waals surface area (Å²) in [4.78, 5) is 2.13. The van der Waals surface area contributed by atoms with Gasteiger partial charge in [0.25, 0.3) is 0 Å². The Morgan fingerprint density at radius 2 is 1.86 bits per heavy atom. The number of aliphatic hydroxyl groups excluding tert-OH is 2. The summed E-state index contributed by atoms with van der Waals surface area (Å²) < 4.78 is 12.5.